The average Bonchev–Trinajstić information content (AvgIpc) is 2.16. The molecule has 0 aromatic heterocycles. The zero-order valence-electron chi connectivity index (χ0n) is 8.75. The van der Waals surface area contributed by atoms with Crippen LogP contribution in [0.5, 0.6) is 0 Å². The third-order valence-electron chi connectivity index (χ3n) is 2.73. The molecule has 0 spiro atoms. The molecule has 0 aromatic carbocycles. The summed E-state index contributed by atoms with van der Waals surface area (Å²) in [5, 5.41) is 0. The normalized spacial score (nSPS) is 27.2. The first-order chi connectivity index (χ1) is 6.16. The van der Waals surface area contributed by atoms with Gasteiger partial charge in [0.1, 0.15) is 5.78 Å². The predicted molar refractivity (Wildman–Crippen MR) is 58.3 cm³/mol. The lowest BCUT2D eigenvalue weighted by Gasteiger charge is -2.36. The topological polar surface area (TPSA) is 20.3 Å². The molecule has 2 unspecified atom stereocenters. The maximum absolute atomic E-state index is 11.5. The molecule has 1 fully saturated rings. The van der Waals surface area contributed by atoms with E-state index in [0.717, 1.165) is 6.54 Å². The number of ketones is 1. The molecule has 0 bridgehead atoms. The largest absolute Gasteiger partial charge is 0.298 e. The van der Waals surface area contributed by atoms with Crippen molar-refractivity contribution in [3.05, 3.63) is 0 Å². The Balaban J connectivity index is 2.53. The average molecular weight is 201 g/mol. The van der Waals surface area contributed by atoms with Crippen LogP contribution in [0.3, 0.4) is 0 Å². The Labute approximate surface area is 85.1 Å². The second kappa shape index (κ2) is 5.01. The lowest BCUT2D eigenvalue weighted by atomic mass is 10.1. The number of thioether (sulfide) groups is 1. The highest BCUT2D eigenvalue weighted by molar-refractivity contribution is 7.99. The van der Waals surface area contributed by atoms with Crippen LogP contribution < -0.4 is 0 Å². The fraction of sp³-hybridized carbons (Fsp3) is 0.900. The molecule has 0 N–H and O–H groups in total. The molecule has 2 atom stereocenters. The Kier molecular flexibility index (Phi) is 4.26. The summed E-state index contributed by atoms with van der Waals surface area (Å²) in [6.45, 7) is 7.27. The lowest BCUT2D eigenvalue weighted by Crippen LogP contribution is -2.48. The smallest absolute Gasteiger partial charge is 0.149 e. The molecule has 1 saturated heterocycles. The molecule has 76 valence electrons. The first-order valence-electron chi connectivity index (χ1n) is 5.03. The molecule has 0 radical (unpaired) electrons. The standard InChI is InChI=1S/C10H19NOS/c1-4-10(12)9(3)11-5-6-13-7-8(11)2/h8-9H,4-7H2,1-3H3. The van der Waals surface area contributed by atoms with Gasteiger partial charge in [-0.2, -0.15) is 11.8 Å². The molecule has 3 heteroatoms. The van der Waals surface area contributed by atoms with Crippen LogP contribution in [0.2, 0.25) is 0 Å². The van der Waals surface area contributed by atoms with Gasteiger partial charge in [-0.05, 0) is 13.8 Å². The zero-order valence-corrected chi connectivity index (χ0v) is 9.56. The number of rotatable bonds is 3. The van der Waals surface area contributed by atoms with E-state index in [1.165, 1.54) is 11.5 Å². The van der Waals surface area contributed by atoms with Crippen molar-refractivity contribution in [1.29, 1.82) is 0 Å². The Bertz CT molecular complexity index is 184. The number of nitrogens with zero attached hydrogens (tertiary/aromatic N) is 1. The van der Waals surface area contributed by atoms with E-state index in [0.29, 0.717) is 18.2 Å². The molecule has 1 rings (SSSR count). The fourth-order valence-corrected chi connectivity index (χ4v) is 2.83. The van der Waals surface area contributed by atoms with Crippen LogP contribution >= 0.6 is 11.8 Å². The van der Waals surface area contributed by atoms with Crippen LogP contribution in [-0.4, -0.2) is 40.8 Å². The van der Waals surface area contributed by atoms with Crippen molar-refractivity contribution in [2.75, 3.05) is 18.1 Å². The minimum atomic E-state index is 0.126. The zero-order chi connectivity index (χ0) is 9.84. The Morgan fingerprint density at radius 3 is 2.92 bits per heavy atom. The first kappa shape index (κ1) is 11.1. The number of carbonyl (C=O) groups is 1. The van der Waals surface area contributed by atoms with Crippen molar-refractivity contribution in [3.8, 4) is 0 Å². The summed E-state index contributed by atoms with van der Waals surface area (Å²) in [7, 11) is 0. The van der Waals surface area contributed by atoms with Crippen molar-refractivity contribution in [1.82, 2.24) is 4.90 Å². The van der Waals surface area contributed by atoms with Crippen molar-refractivity contribution >= 4 is 17.5 Å². The van der Waals surface area contributed by atoms with Gasteiger partial charge in [0.25, 0.3) is 0 Å². The second-order valence-corrected chi connectivity index (χ2v) is 4.81. The molecular formula is C10H19NOS. The van der Waals surface area contributed by atoms with Crippen LogP contribution in [0, 0.1) is 0 Å². The molecule has 1 heterocycles. The number of Topliss-reactive ketones (excluding diaryl/α,β-unsaturated/α-hetero) is 1. The molecule has 0 aromatic rings. The van der Waals surface area contributed by atoms with Crippen molar-refractivity contribution in [2.45, 2.75) is 39.3 Å². The monoisotopic (exact) mass is 201 g/mol. The van der Waals surface area contributed by atoms with Gasteiger partial charge in [0.2, 0.25) is 0 Å². The van der Waals surface area contributed by atoms with E-state index in [-0.39, 0.29) is 6.04 Å². The molecular weight excluding hydrogens is 182 g/mol. The minimum Gasteiger partial charge on any atom is -0.298 e. The van der Waals surface area contributed by atoms with Gasteiger partial charge in [0.15, 0.2) is 0 Å². The van der Waals surface area contributed by atoms with E-state index in [1.54, 1.807) is 0 Å². The van der Waals surface area contributed by atoms with E-state index in [1.807, 2.05) is 25.6 Å². The number of hydrogen-bond donors (Lipinski definition) is 0. The van der Waals surface area contributed by atoms with Gasteiger partial charge in [-0.25, -0.2) is 0 Å². The highest BCUT2D eigenvalue weighted by atomic mass is 32.2. The van der Waals surface area contributed by atoms with Gasteiger partial charge in [0, 0.05) is 30.5 Å². The molecule has 0 aliphatic carbocycles. The third-order valence-corrected chi connectivity index (χ3v) is 3.92. The number of carbonyl (C=O) groups excluding carboxylic acids is 1. The first-order valence-corrected chi connectivity index (χ1v) is 6.18. The molecule has 1 aliphatic heterocycles. The van der Waals surface area contributed by atoms with E-state index < -0.39 is 0 Å². The van der Waals surface area contributed by atoms with Gasteiger partial charge < -0.3 is 0 Å². The number of hydrogen-bond acceptors (Lipinski definition) is 3. The van der Waals surface area contributed by atoms with Crippen LogP contribution in [0.25, 0.3) is 0 Å². The van der Waals surface area contributed by atoms with Crippen LogP contribution in [0.4, 0.5) is 0 Å². The predicted octanol–water partition coefficient (Wildman–Crippen LogP) is 1.79. The Hall–Kier alpha value is -0.0200. The van der Waals surface area contributed by atoms with Gasteiger partial charge in [-0.3, -0.25) is 9.69 Å². The van der Waals surface area contributed by atoms with Gasteiger partial charge in [-0.1, -0.05) is 6.92 Å². The van der Waals surface area contributed by atoms with Gasteiger partial charge in [-0.15, -0.1) is 0 Å². The molecule has 1 aliphatic rings. The van der Waals surface area contributed by atoms with Crippen molar-refractivity contribution < 1.29 is 4.79 Å². The van der Waals surface area contributed by atoms with Crippen LogP contribution in [-0.2, 0) is 4.79 Å². The Morgan fingerprint density at radius 1 is 1.69 bits per heavy atom. The van der Waals surface area contributed by atoms with E-state index in [2.05, 4.69) is 11.8 Å². The summed E-state index contributed by atoms with van der Waals surface area (Å²) in [5.74, 6) is 2.71. The van der Waals surface area contributed by atoms with Gasteiger partial charge in [0.05, 0.1) is 6.04 Å². The molecule has 0 saturated carbocycles. The van der Waals surface area contributed by atoms with Crippen molar-refractivity contribution in [3.63, 3.8) is 0 Å². The summed E-state index contributed by atoms with van der Waals surface area (Å²) in [5.41, 5.74) is 0. The van der Waals surface area contributed by atoms with Crippen LogP contribution in [0.1, 0.15) is 27.2 Å². The maximum atomic E-state index is 11.5. The minimum absolute atomic E-state index is 0.126. The molecule has 2 nitrogen and oxygen atoms in total. The summed E-state index contributed by atoms with van der Waals surface area (Å²) in [4.78, 5) is 13.8. The molecule has 13 heavy (non-hydrogen) atoms. The lowest BCUT2D eigenvalue weighted by molar-refractivity contribution is -0.124. The second-order valence-electron chi connectivity index (χ2n) is 3.66. The van der Waals surface area contributed by atoms with E-state index >= 15 is 0 Å². The fourth-order valence-electron chi connectivity index (χ4n) is 1.80. The SMILES string of the molecule is CCC(=O)C(C)N1CCSCC1C. The van der Waals surface area contributed by atoms with Crippen LogP contribution in [0.15, 0.2) is 0 Å². The quantitative estimate of drug-likeness (QED) is 0.694. The summed E-state index contributed by atoms with van der Waals surface area (Å²) in [6.07, 6.45) is 0.664. The van der Waals surface area contributed by atoms with E-state index in [4.69, 9.17) is 0 Å². The highest BCUT2D eigenvalue weighted by Gasteiger charge is 2.26. The summed E-state index contributed by atoms with van der Waals surface area (Å²) >= 11 is 1.99. The summed E-state index contributed by atoms with van der Waals surface area (Å²) in [6, 6.07) is 0.685. The third kappa shape index (κ3) is 2.71. The van der Waals surface area contributed by atoms with Crippen molar-refractivity contribution in [2.24, 2.45) is 0 Å². The van der Waals surface area contributed by atoms with Gasteiger partial charge >= 0.3 is 0 Å². The Morgan fingerprint density at radius 2 is 2.38 bits per heavy atom. The maximum Gasteiger partial charge on any atom is 0.149 e. The highest BCUT2D eigenvalue weighted by Crippen LogP contribution is 2.19. The van der Waals surface area contributed by atoms with E-state index in [9.17, 15) is 4.79 Å². The molecule has 0 amide bonds. The summed E-state index contributed by atoms with van der Waals surface area (Å²) < 4.78 is 0.